The Balaban J connectivity index is 2.31. The van der Waals surface area contributed by atoms with Gasteiger partial charge in [-0.1, -0.05) is 6.07 Å². The van der Waals surface area contributed by atoms with Gasteiger partial charge < -0.3 is 14.7 Å². The number of anilines is 1. The molecule has 0 aliphatic carbocycles. The molecule has 1 atom stereocenters. The van der Waals surface area contributed by atoms with Crippen molar-refractivity contribution in [2.75, 3.05) is 24.6 Å². The van der Waals surface area contributed by atoms with E-state index >= 15 is 0 Å². The van der Waals surface area contributed by atoms with Crippen molar-refractivity contribution >= 4 is 5.69 Å². The summed E-state index contributed by atoms with van der Waals surface area (Å²) in [5.41, 5.74) is -0.0813. The number of alkyl halides is 5. The van der Waals surface area contributed by atoms with Gasteiger partial charge in [0.1, 0.15) is 25.0 Å². The molecular weight excluding hydrogens is 285 g/mol. The molecule has 0 spiro atoms. The van der Waals surface area contributed by atoms with Crippen LogP contribution in [-0.4, -0.2) is 37.4 Å². The summed E-state index contributed by atoms with van der Waals surface area (Å²) in [6, 6.07) is 3.61. The number of hydrogen-bond donors (Lipinski definition) is 1. The highest BCUT2D eigenvalue weighted by Crippen LogP contribution is 2.36. The van der Waals surface area contributed by atoms with Crippen LogP contribution in [0.1, 0.15) is 11.7 Å². The quantitative estimate of drug-likeness (QED) is 0.871. The fourth-order valence-electron chi connectivity index (χ4n) is 2.00. The second-order valence-electron chi connectivity index (χ2n) is 4.39. The first kappa shape index (κ1) is 14.8. The standard InChI is InChI=1S/C12H12F5NO2/c13-11(14)10(19)7-1-2-9-8(5-7)18(3-4-20-9)6-12(15,16)17/h1-2,5,10-11,19H,3-4,6H2/t10-/m0/s1. The molecule has 20 heavy (non-hydrogen) atoms. The summed E-state index contributed by atoms with van der Waals surface area (Å²) in [4.78, 5) is 1.00. The van der Waals surface area contributed by atoms with Crippen LogP contribution < -0.4 is 9.64 Å². The molecule has 0 saturated carbocycles. The van der Waals surface area contributed by atoms with Crippen LogP contribution in [-0.2, 0) is 0 Å². The molecule has 112 valence electrons. The van der Waals surface area contributed by atoms with Crippen LogP contribution in [0.25, 0.3) is 0 Å². The van der Waals surface area contributed by atoms with E-state index in [0.29, 0.717) is 0 Å². The monoisotopic (exact) mass is 297 g/mol. The van der Waals surface area contributed by atoms with E-state index < -0.39 is 25.3 Å². The Morgan fingerprint density at radius 1 is 1.30 bits per heavy atom. The average Bonchev–Trinajstić information content (AvgIpc) is 2.36. The number of rotatable bonds is 3. The largest absolute Gasteiger partial charge is 0.490 e. The van der Waals surface area contributed by atoms with E-state index in [1.807, 2.05) is 0 Å². The van der Waals surface area contributed by atoms with Gasteiger partial charge >= 0.3 is 6.18 Å². The Kier molecular flexibility index (Phi) is 4.03. The van der Waals surface area contributed by atoms with Crippen LogP contribution in [0.15, 0.2) is 18.2 Å². The maximum absolute atomic E-state index is 12.5. The third kappa shape index (κ3) is 3.30. The maximum atomic E-state index is 12.5. The van der Waals surface area contributed by atoms with Crippen LogP contribution in [0.3, 0.4) is 0 Å². The highest BCUT2D eigenvalue weighted by molar-refractivity contribution is 5.61. The van der Waals surface area contributed by atoms with Gasteiger partial charge in [0, 0.05) is 0 Å². The third-order valence-corrected chi connectivity index (χ3v) is 2.89. The highest BCUT2D eigenvalue weighted by atomic mass is 19.4. The second-order valence-corrected chi connectivity index (χ2v) is 4.39. The van der Waals surface area contributed by atoms with Gasteiger partial charge in [0.25, 0.3) is 6.43 Å². The molecule has 1 aromatic rings. The zero-order chi connectivity index (χ0) is 14.9. The van der Waals surface area contributed by atoms with Gasteiger partial charge in [0.05, 0.1) is 12.2 Å². The zero-order valence-electron chi connectivity index (χ0n) is 10.2. The number of benzene rings is 1. The summed E-state index contributed by atoms with van der Waals surface area (Å²) >= 11 is 0. The lowest BCUT2D eigenvalue weighted by Gasteiger charge is -2.32. The number of aliphatic hydroxyl groups is 1. The van der Waals surface area contributed by atoms with Gasteiger partial charge in [-0.05, 0) is 17.7 Å². The summed E-state index contributed by atoms with van der Waals surface area (Å²) in [7, 11) is 0. The molecule has 0 amide bonds. The topological polar surface area (TPSA) is 32.7 Å². The SMILES string of the molecule is O[C@@H](c1ccc2c(c1)N(CC(F)(F)F)CCO2)C(F)F. The van der Waals surface area contributed by atoms with Gasteiger partial charge in [-0.2, -0.15) is 13.2 Å². The lowest BCUT2D eigenvalue weighted by Crippen LogP contribution is -2.39. The number of hydrogen-bond acceptors (Lipinski definition) is 3. The fraction of sp³-hybridized carbons (Fsp3) is 0.500. The number of aliphatic hydroxyl groups excluding tert-OH is 1. The number of fused-ring (bicyclic) bond motifs is 1. The molecule has 0 unspecified atom stereocenters. The molecule has 0 bridgehead atoms. The number of ether oxygens (including phenoxy) is 1. The molecule has 3 nitrogen and oxygen atoms in total. The molecule has 8 heteroatoms. The number of nitrogens with zero attached hydrogens (tertiary/aromatic N) is 1. The lowest BCUT2D eigenvalue weighted by molar-refractivity contribution is -0.120. The van der Waals surface area contributed by atoms with Gasteiger partial charge in [-0.3, -0.25) is 0 Å². The van der Waals surface area contributed by atoms with E-state index in [4.69, 9.17) is 4.74 Å². The Labute approximate surface area is 111 Å². The maximum Gasteiger partial charge on any atom is 0.405 e. The molecular formula is C12H12F5NO2. The minimum atomic E-state index is -4.41. The highest BCUT2D eigenvalue weighted by Gasteiger charge is 2.33. The van der Waals surface area contributed by atoms with Gasteiger partial charge in [-0.25, -0.2) is 8.78 Å². The van der Waals surface area contributed by atoms with Crippen molar-refractivity contribution in [3.8, 4) is 5.75 Å². The minimum absolute atomic E-state index is 0.000731. The fourth-order valence-corrected chi connectivity index (χ4v) is 2.00. The van der Waals surface area contributed by atoms with Crippen LogP contribution in [0, 0.1) is 0 Å². The summed E-state index contributed by atoms with van der Waals surface area (Å²) in [6.45, 7) is -1.11. The molecule has 0 radical (unpaired) electrons. The molecule has 2 rings (SSSR count). The lowest BCUT2D eigenvalue weighted by atomic mass is 10.1. The smallest absolute Gasteiger partial charge is 0.405 e. The van der Waals surface area contributed by atoms with E-state index in [0.717, 1.165) is 11.0 Å². The first-order valence-electron chi connectivity index (χ1n) is 5.82. The third-order valence-electron chi connectivity index (χ3n) is 2.89. The van der Waals surface area contributed by atoms with E-state index in [-0.39, 0.29) is 30.2 Å². The molecule has 0 saturated heterocycles. The molecule has 1 aliphatic rings. The van der Waals surface area contributed by atoms with Crippen LogP contribution in [0.4, 0.5) is 27.6 Å². The van der Waals surface area contributed by atoms with E-state index in [1.54, 1.807) is 0 Å². The summed E-state index contributed by atoms with van der Waals surface area (Å²) in [5, 5.41) is 9.29. The van der Waals surface area contributed by atoms with Crippen LogP contribution >= 0.6 is 0 Å². The van der Waals surface area contributed by atoms with E-state index in [1.165, 1.54) is 12.1 Å². The molecule has 0 fully saturated rings. The van der Waals surface area contributed by atoms with Crippen LogP contribution in [0.2, 0.25) is 0 Å². The summed E-state index contributed by atoms with van der Waals surface area (Å²) < 4.78 is 67.5. The molecule has 0 aromatic heterocycles. The summed E-state index contributed by atoms with van der Waals surface area (Å²) in [5.74, 6) is 0.186. The van der Waals surface area contributed by atoms with Gasteiger partial charge in [0.2, 0.25) is 0 Å². The number of halogens is 5. The predicted molar refractivity (Wildman–Crippen MR) is 61.2 cm³/mol. The van der Waals surface area contributed by atoms with Gasteiger partial charge in [-0.15, -0.1) is 0 Å². The first-order valence-corrected chi connectivity index (χ1v) is 5.82. The molecule has 1 aliphatic heterocycles. The Bertz CT molecular complexity index is 477. The minimum Gasteiger partial charge on any atom is -0.490 e. The van der Waals surface area contributed by atoms with Crippen molar-refractivity contribution in [1.82, 2.24) is 0 Å². The first-order chi connectivity index (χ1) is 9.28. The zero-order valence-corrected chi connectivity index (χ0v) is 10.2. The second kappa shape index (κ2) is 5.43. The normalized spacial score (nSPS) is 16.9. The Morgan fingerprint density at radius 2 is 2.00 bits per heavy atom. The Morgan fingerprint density at radius 3 is 2.60 bits per heavy atom. The molecule has 1 N–H and O–H groups in total. The average molecular weight is 297 g/mol. The molecule has 1 heterocycles. The van der Waals surface area contributed by atoms with Crippen molar-refractivity contribution in [1.29, 1.82) is 0 Å². The molecule has 1 aromatic carbocycles. The Hall–Kier alpha value is -1.57. The van der Waals surface area contributed by atoms with E-state index in [2.05, 4.69) is 0 Å². The van der Waals surface area contributed by atoms with Gasteiger partial charge in [0.15, 0.2) is 0 Å². The summed E-state index contributed by atoms with van der Waals surface area (Å²) in [6.07, 6.45) is -9.45. The predicted octanol–water partition coefficient (Wildman–Crippen LogP) is 2.75. The van der Waals surface area contributed by atoms with Crippen molar-refractivity contribution in [2.24, 2.45) is 0 Å². The van der Waals surface area contributed by atoms with Crippen molar-refractivity contribution in [3.05, 3.63) is 23.8 Å². The van der Waals surface area contributed by atoms with Crippen molar-refractivity contribution in [2.45, 2.75) is 18.7 Å². The van der Waals surface area contributed by atoms with Crippen LogP contribution in [0.5, 0.6) is 5.75 Å². The van der Waals surface area contributed by atoms with E-state index in [9.17, 15) is 27.1 Å². The van der Waals surface area contributed by atoms with Crippen molar-refractivity contribution < 1.29 is 31.8 Å². The van der Waals surface area contributed by atoms with Crippen molar-refractivity contribution in [3.63, 3.8) is 0 Å².